The number of amides is 1. The fourth-order valence-electron chi connectivity index (χ4n) is 3.39. The second-order valence-electron chi connectivity index (χ2n) is 6.97. The molecule has 2 heterocycles. The summed E-state index contributed by atoms with van der Waals surface area (Å²) in [5.74, 6) is 2.70. The maximum Gasteiger partial charge on any atom is 0.223 e. The van der Waals surface area contributed by atoms with Gasteiger partial charge in [-0.25, -0.2) is 4.98 Å². The van der Waals surface area contributed by atoms with Crippen LogP contribution in [0.25, 0.3) is 10.2 Å². The topological polar surface area (TPSA) is 54.9 Å². The van der Waals surface area contributed by atoms with Crippen molar-refractivity contribution in [3.8, 4) is 11.5 Å². The fraction of sp³-hybridized carbons (Fsp3) is 0.364. The molecule has 1 aromatic heterocycles. The summed E-state index contributed by atoms with van der Waals surface area (Å²) in [5, 5.41) is 1.01. The Hall–Kier alpha value is -2.45. The van der Waals surface area contributed by atoms with Gasteiger partial charge in [0.1, 0.15) is 11.5 Å². The number of rotatable bonds is 7. The number of carbonyl (C=O) groups is 1. The number of anilines is 1. The summed E-state index contributed by atoms with van der Waals surface area (Å²) in [6.07, 6.45) is 0.553. The van der Waals surface area contributed by atoms with Crippen LogP contribution in [0.5, 0.6) is 11.5 Å². The van der Waals surface area contributed by atoms with Gasteiger partial charge in [0.15, 0.2) is 5.13 Å². The van der Waals surface area contributed by atoms with Crippen molar-refractivity contribution >= 4 is 44.4 Å². The van der Waals surface area contributed by atoms with Crippen LogP contribution in [0.1, 0.15) is 6.42 Å². The molecule has 0 atom stereocenters. The molecule has 6 nitrogen and oxygen atoms in total. The number of aromatic nitrogens is 1. The SMILES string of the molecule is COc1ccc(SCCC(=O)N2CCN(c3nc4ccc(OC)cc4s3)CC2)cc1. The molecule has 1 saturated heterocycles. The summed E-state index contributed by atoms with van der Waals surface area (Å²) in [6, 6.07) is 13.9. The Morgan fingerprint density at radius 1 is 1.03 bits per heavy atom. The average Bonchev–Trinajstić information content (AvgIpc) is 3.23. The number of thioether (sulfide) groups is 1. The van der Waals surface area contributed by atoms with Crippen LogP contribution in [0.3, 0.4) is 0 Å². The van der Waals surface area contributed by atoms with E-state index in [2.05, 4.69) is 4.90 Å². The van der Waals surface area contributed by atoms with E-state index in [-0.39, 0.29) is 5.91 Å². The molecule has 4 rings (SSSR count). The molecular weight excluding hydrogens is 418 g/mol. The Bertz CT molecular complexity index is 999. The van der Waals surface area contributed by atoms with E-state index >= 15 is 0 Å². The van der Waals surface area contributed by atoms with Crippen molar-refractivity contribution in [3.63, 3.8) is 0 Å². The minimum Gasteiger partial charge on any atom is -0.497 e. The van der Waals surface area contributed by atoms with E-state index in [0.717, 1.165) is 63.7 Å². The van der Waals surface area contributed by atoms with E-state index < -0.39 is 0 Å². The quantitative estimate of drug-likeness (QED) is 0.512. The molecule has 1 amide bonds. The van der Waals surface area contributed by atoms with Crippen LogP contribution >= 0.6 is 23.1 Å². The van der Waals surface area contributed by atoms with Gasteiger partial charge in [0.05, 0.1) is 24.4 Å². The van der Waals surface area contributed by atoms with Crippen molar-refractivity contribution in [1.29, 1.82) is 0 Å². The number of piperazine rings is 1. The van der Waals surface area contributed by atoms with Gasteiger partial charge in [-0.2, -0.15) is 0 Å². The molecule has 0 unspecified atom stereocenters. The second-order valence-corrected chi connectivity index (χ2v) is 9.15. The van der Waals surface area contributed by atoms with Crippen LogP contribution in [0.2, 0.25) is 0 Å². The van der Waals surface area contributed by atoms with Gasteiger partial charge in [0.25, 0.3) is 0 Å². The van der Waals surface area contributed by atoms with Crippen LogP contribution in [-0.4, -0.2) is 61.9 Å². The monoisotopic (exact) mass is 443 g/mol. The minimum absolute atomic E-state index is 0.227. The normalized spacial score (nSPS) is 14.2. The van der Waals surface area contributed by atoms with Crippen LogP contribution in [0.15, 0.2) is 47.4 Å². The molecule has 1 fully saturated rings. The van der Waals surface area contributed by atoms with E-state index in [1.165, 1.54) is 0 Å². The number of fused-ring (bicyclic) bond motifs is 1. The molecule has 3 aromatic rings. The highest BCUT2D eigenvalue weighted by atomic mass is 32.2. The molecular formula is C22H25N3O3S2. The van der Waals surface area contributed by atoms with Gasteiger partial charge in [-0.3, -0.25) is 4.79 Å². The van der Waals surface area contributed by atoms with Gasteiger partial charge in [-0.1, -0.05) is 11.3 Å². The Kier molecular flexibility index (Phi) is 6.64. The molecule has 0 spiro atoms. The highest BCUT2D eigenvalue weighted by Crippen LogP contribution is 2.32. The predicted molar refractivity (Wildman–Crippen MR) is 123 cm³/mol. The van der Waals surface area contributed by atoms with Crippen LogP contribution in [-0.2, 0) is 4.79 Å². The number of hydrogen-bond acceptors (Lipinski definition) is 7. The van der Waals surface area contributed by atoms with E-state index in [1.54, 1.807) is 37.3 Å². The molecule has 0 aliphatic carbocycles. The van der Waals surface area contributed by atoms with E-state index in [1.807, 2.05) is 47.4 Å². The number of methoxy groups -OCH3 is 2. The van der Waals surface area contributed by atoms with Crippen LogP contribution in [0, 0.1) is 0 Å². The number of benzene rings is 2. The first kappa shape index (κ1) is 20.8. The lowest BCUT2D eigenvalue weighted by atomic mass is 10.3. The Labute approximate surface area is 184 Å². The first-order valence-corrected chi connectivity index (χ1v) is 11.7. The molecule has 158 valence electrons. The summed E-state index contributed by atoms with van der Waals surface area (Å²) in [5.41, 5.74) is 0.991. The fourth-order valence-corrected chi connectivity index (χ4v) is 5.28. The predicted octanol–water partition coefficient (Wildman–Crippen LogP) is 4.14. The maximum absolute atomic E-state index is 12.6. The van der Waals surface area contributed by atoms with Gasteiger partial charge in [-0.05, 0) is 42.5 Å². The molecule has 0 bridgehead atoms. The Morgan fingerprint density at radius 2 is 1.73 bits per heavy atom. The zero-order valence-electron chi connectivity index (χ0n) is 17.2. The third kappa shape index (κ3) is 4.82. The zero-order chi connectivity index (χ0) is 20.9. The van der Waals surface area contributed by atoms with Crippen LogP contribution < -0.4 is 14.4 Å². The van der Waals surface area contributed by atoms with Crippen LogP contribution in [0.4, 0.5) is 5.13 Å². The van der Waals surface area contributed by atoms with Crippen molar-refractivity contribution in [2.24, 2.45) is 0 Å². The van der Waals surface area contributed by atoms with Crippen molar-refractivity contribution in [2.75, 3.05) is 51.1 Å². The highest BCUT2D eigenvalue weighted by Gasteiger charge is 2.23. The maximum atomic E-state index is 12.6. The number of carbonyl (C=O) groups excluding carboxylic acids is 1. The number of nitrogens with zero attached hydrogens (tertiary/aromatic N) is 3. The molecule has 2 aromatic carbocycles. The molecule has 0 N–H and O–H groups in total. The Morgan fingerprint density at radius 3 is 2.43 bits per heavy atom. The van der Waals surface area contributed by atoms with E-state index in [9.17, 15) is 4.79 Å². The molecule has 1 aliphatic rings. The summed E-state index contributed by atoms with van der Waals surface area (Å²) >= 11 is 3.38. The number of ether oxygens (including phenoxy) is 2. The smallest absolute Gasteiger partial charge is 0.223 e. The summed E-state index contributed by atoms with van der Waals surface area (Å²) < 4.78 is 11.6. The van der Waals surface area contributed by atoms with E-state index in [0.29, 0.717) is 6.42 Å². The summed E-state index contributed by atoms with van der Waals surface area (Å²) in [4.78, 5) is 22.7. The molecule has 30 heavy (non-hydrogen) atoms. The summed E-state index contributed by atoms with van der Waals surface area (Å²) in [7, 11) is 3.34. The first-order valence-electron chi connectivity index (χ1n) is 9.90. The minimum atomic E-state index is 0.227. The highest BCUT2D eigenvalue weighted by molar-refractivity contribution is 7.99. The van der Waals surface area contributed by atoms with Gasteiger partial charge in [-0.15, -0.1) is 11.8 Å². The van der Waals surface area contributed by atoms with Crippen molar-refractivity contribution in [3.05, 3.63) is 42.5 Å². The van der Waals surface area contributed by atoms with Gasteiger partial charge >= 0.3 is 0 Å². The Balaban J connectivity index is 1.26. The lowest BCUT2D eigenvalue weighted by molar-refractivity contribution is -0.131. The van der Waals surface area contributed by atoms with Gasteiger partial charge in [0, 0.05) is 43.2 Å². The van der Waals surface area contributed by atoms with Crippen molar-refractivity contribution in [1.82, 2.24) is 9.88 Å². The average molecular weight is 444 g/mol. The third-order valence-electron chi connectivity index (χ3n) is 5.13. The largest absolute Gasteiger partial charge is 0.497 e. The summed E-state index contributed by atoms with van der Waals surface area (Å²) in [6.45, 7) is 3.11. The molecule has 1 aliphatic heterocycles. The second kappa shape index (κ2) is 9.57. The lowest BCUT2D eigenvalue weighted by Crippen LogP contribution is -2.48. The van der Waals surface area contributed by atoms with Gasteiger partial charge < -0.3 is 19.3 Å². The van der Waals surface area contributed by atoms with Crippen molar-refractivity contribution in [2.45, 2.75) is 11.3 Å². The van der Waals surface area contributed by atoms with Crippen molar-refractivity contribution < 1.29 is 14.3 Å². The first-order chi connectivity index (χ1) is 14.7. The van der Waals surface area contributed by atoms with Gasteiger partial charge in [0.2, 0.25) is 5.91 Å². The lowest BCUT2D eigenvalue weighted by Gasteiger charge is -2.34. The third-order valence-corrected chi connectivity index (χ3v) is 7.22. The standard InChI is InChI=1S/C22H25N3O3S2/c1-27-16-3-6-18(7-4-16)29-14-9-21(26)24-10-12-25(13-11-24)22-23-19-8-5-17(28-2)15-20(19)30-22/h3-8,15H,9-14H2,1-2H3. The van der Waals surface area contributed by atoms with E-state index in [4.69, 9.17) is 14.5 Å². The molecule has 8 heteroatoms. The molecule has 0 saturated carbocycles. The number of thiazole rings is 1. The molecule has 0 radical (unpaired) electrons. The zero-order valence-corrected chi connectivity index (χ0v) is 18.8. The number of hydrogen-bond donors (Lipinski definition) is 0.